The molecule has 0 aliphatic heterocycles. The third kappa shape index (κ3) is 3.74. The van der Waals surface area contributed by atoms with Crippen LogP contribution in [0.1, 0.15) is 12.8 Å². The molecule has 2 rings (SSSR count). The normalized spacial score (nSPS) is 14.6. The molecule has 1 fully saturated rings. The minimum Gasteiger partial charge on any atom is -0.481 e. The Balaban J connectivity index is 1.88. The van der Waals surface area contributed by atoms with Crippen LogP contribution < -0.4 is 5.32 Å². The average Bonchev–Trinajstić information content (AvgIpc) is 2.94. The molecule has 1 saturated carbocycles. The van der Waals surface area contributed by atoms with Gasteiger partial charge >= 0.3 is 5.97 Å². The summed E-state index contributed by atoms with van der Waals surface area (Å²) >= 11 is 1.05. The minimum absolute atomic E-state index is 0.0931. The van der Waals surface area contributed by atoms with Crippen molar-refractivity contribution in [1.29, 1.82) is 0 Å². The van der Waals surface area contributed by atoms with E-state index in [1.807, 2.05) is 0 Å². The first kappa shape index (κ1) is 11.9. The van der Waals surface area contributed by atoms with E-state index in [-0.39, 0.29) is 18.2 Å². The number of hydrogen-bond donors (Lipinski definition) is 2. The Morgan fingerprint density at radius 2 is 2.35 bits per heavy atom. The lowest BCUT2D eigenvalue weighted by Gasteiger charge is -2.05. The van der Waals surface area contributed by atoms with E-state index in [4.69, 9.17) is 5.11 Å². The van der Waals surface area contributed by atoms with E-state index in [0.29, 0.717) is 11.2 Å². The maximum atomic E-state index is 11.5. The average molecular weight is 256 g/mol. The third-order valence-corrected chi connectivity index (χ3v) is 3.13. The predicted octanol–water partition coefficient (Wildman–Crippen LogP) is -0.267. The second-order valence-corrected chi connectivity index (χ2v) is 4.71. The molecule has 1 heterocycles. The Morgan fingerprint density at radius 1 is 1.59 bits per heavy atom. The van der Waals surface area contributed by atoms with Crippen molar-refractivity contribution < 1.29 is 14.7 Å². The highest BCUT2D eigenvalue weighted by atomic mass is 32.2. The molecular weight excluding hydrogens is 244 g/mol. The zero-order valence-electron chi connectivity index (χ0n) is 9.00. The smallest absolute Gasteiger partial charge is 0.313 e. The summed E-state index contributed by atoms with van der Waals surface area (Å²) in [4.78, 5) is 22.0. The van der Waals surface area contributed by atoms with Gasteiger partial charge in [-0.25, -0.2) is 0 Å². The van der Waals surface area contributed by atoms with Gasteiger partial charge in [0.15, 0.2) is 5.16 Å². The standard InChI is InChI=1S/C9H12N4O3S/c14-7(11-6-1-2-6)3-13-5-10-12-9(13)17-4-8(15)16/h5-6H,1-4H2,(H,11,14)(H,15,16). The Labute approximate surface area is 102 Å². The first-order chi connectivity index (χ1) is 8.15. The summed E-state index contributed by atoms with van der Waals surface area (Å²) < 4.78 is 1.55. The topological polar surface area (TPSA) is 97.1 Å². The van der Waals surface area contributed by atoms with Crippen molar-refractivity contribution in [3.05, 3.63) is 6.33 Å². The lowest BCUT2D eigenvalue weighted by Crippen LogP contribution is -2.29. The number of carboxylic acid groups (broad SMARTS) is 1. The van der Waals surface area contributed by atoms with E-state index in [0.717, 1.165) is 24.6 Å². The van der Waals surface area contributed by atoms with Crippen LogP contribution in [0.25, 0.3) is 0 Å². The molecule has 0 aromatic carbocycles. The molecule has 1 aromatic rings. The number of thioether (sulfide) groups is 1. The van der Waals surface area contributed by atoms with Gasteiger partial charge in [-0.3, -0.25) is 14.2 Å². The Kier molecular flexibility index (Phi) is 3.62. The second-order valence-electron chi connectivity index (χ2n) is 3.77. The van der Waals surface area contributed by atoms with Crippen molar-refractivity contribution in [2.75, 3.05) is 5.75 Å². The molecular formula is C9H12N4O3S. The van der Waals surface area contributed by atoms with E-state index in [9.17, 15) is 9.59 Å². The summed E-state index contributed by atoms with van der Waals surface area (Å²) in [5.74, 6) is -1.11. The summed E-state index contributed by atoms with van der Waals surface area (Å²) in [6.45, 7) is 0.130. The number of rotatable bonds is 6. The number of nitrogens with zero attached hydrogens (tertiary/aromatic N) is 3. The fourth-order valence-corrected chi connectivity index (χ4v) is 1.88. The van der Waals surface area contributed by atoms with Crippen LogP contribution in [0.3, 0.4) is 0 Å². The van der Waals surface area contributed by atoms with Crippen LogP contribution in [0, 0.1) is 0 Å². The van der Waals surface area contributed by atoms with E-state index in [1.165, 1.54) is 6.33 Å². The number of carbonyl (C=O) groups is 2. The van der Waals surface area contributed by atoms with Crippen LogP contribution in [0.15, 0.2) is 11.5 Å². The molecule has 1 aromatic heterocycles. The number of amides is 1. The number of nitrogens with one attached hydrogen (secondary N) is 1. The molecule has 1 amide bonds. The first-order valence-corrected chi connectivity index (χ1v) is 6.15. The van der Waals surface area contributed by atoms with Crippen LogP contribution in [-0.4, -0.2) is 43.5 Å². The highest BCUT2D eigenvalue weighted by Gasteiger charge is 2.23. The SMILES string of the molecule is O=C(O)CSc1nncn1CC(=O)NC1CC1. The summed E-state index contributed by atoms with van der Waals surface area (Å²) in [5, 5.41) is 19.3. The first-order valence-electron chi connectivity index (χ1n) is 5.17. The van der Waals surface area contributed by atoms with Gasteiger partial charge in [0.1, 0.15) is 12.9 Å². The predicted molar refractivity (Wildman–Crippen MR) is 59.5 cm³/mol. The molecule has 0 spiro atoms. The second kappa shape index (κ2) is 5.17. The fourth-order valence-electron chi connectivity index (χ4n) is 1.25. The number of aromatic nitrogens is 3. The van der Waals surface area contributed by atoms with E-state index < -0.39 is 5.97 Å². The number of carboxylic acids is 1. The van der Waals surface area contributed by atoms with Crippen LogP contribution in [0.5, 0.6) is 0 Å². The minimum atomic E-state index is -0.924. The molecule has 1 aliphatic carbocycles. The molecule has 0 bridgehead atoms. The quantitative estimate of drug-likeness (QED) is 0.680. The van der Waals surface area contributed by atoms with Gasteiger partial charge in [0, 0.05) is 6.04 Å². The van der Waals surface area contributed by atoms with E-state index in [1.54, 1.807) is 4.57 Å². The van der Waals surface area contributed by atoms with Gasteiger partial charge in [0.2, 0.25) is 5.91 Å². The van der Waals surface area contributed by atoms with Crippen molar-refractivity contribution in [2.24, 2.45) is 0 Å². The highest BCUT2D eigenvalue weighted by Crippen LogP contribution is 2.19. The van der Waals surface area contributed by atoms with Crippen molar-refractivity contribution in [3.63, 3.8) is 0 Å². The molecule has 0 saturated heterocycles. The van der Waals surface area contributed by atoms with Crippen molar-refractivity contribution in [2.45, 2.75) is 30.6 Å². The molecule has 7 nitrogen and oxygen atoms in total. The molecule has 0 radical (unpaired) electrons. The van der Waals surface area contributed by atoms with Crippen LogP contribution in [-0.2, 0) is 16.1 Å². The number of carbonyl (C=O) groups excluding carboxylic acids is 1. The van der Waals surface area contributed by atoms with Crippen molar-refractivity contribution in [3.8, 4) is 0 Å². The van der Waals surface area contributed by atoms with Crippen LogP contribution in [0.4, 0.5) is 0 Å². The summed E-state index contributed by atoms with van der Waals surface area (Å²) in [5.41, 5.74) is 0. The van der Waals surface area contributed by atoms with Gasteiger partial charge < -0.3 is 10.4 Å². The lowest BCUT2D eigenvalue weighted by atomic mass is 10.5. The Hall–Kier alpha value is -1.57. The zero-order valence-corrected chi connectivity index (χ0v) is 9.81. The molecule has 92 valence electrons. The van der Waals surface area contributed by atoms with E-state index >= 15 is 0 Å². The summed E-state index contributed by atoms with van der Waals surface area (Å²) in [7, 11) is 0. The van der Waals surface area contributed by atoms with Gasteiger partial charge in [0.25, 0.3) is 0 Å². The molecule has 2 N–H and O–H groups in total. The third-order valence-electron chi connectivity index (χ3n) is 2.16. The number of hydrogen-bond acceptors (Lipinski definition) is 5. The van der Waals surface area contributed by atoms with Crippen molar-refractivity contribution in [1.82, 2.24) is 20.1 Å². The maximum Gasteiger partial charge on any atom is 0.313 e. The van der Waals surface area contributed by atoms with Gasteiger partial charge in [-0.05, 0) is 12.8 Å². The van der Waals surface area contributed by atoms with Gasteiger partial charge in [-0.15, -0.1) is 10.2 Å². The molecule has 0 atom stereocenters. The lowest BCUT2D eigenvalue weighted by molar-refractivity contribution is -0.133. The summed E-state index contributed by atoms with van der Waals surface area (Å²) in [6.07, 6.45) is 3.50. The monoisotopic (exact) mass is 256 g/mol. The fraction of sp³-hybridized carbons (Fsp3) is 0.556. The zero-order chi connectivity index (χ0) is 12.3. The molecule has 17 heavy (non-hydrogen) atoms. The van der Waals surface area contributed by atoms with Gasteiger partial charge in [0.05, 0.1) is 5.75 Å². The van der Waals surface area contributed by atoms with Crippen molar-refractivity contribution >= 4 is 23.6 Å². The maximum absolute atomic E-state index is 11.5. The highest BCUT2D eigenvalue weighted by molar-refractivity contribution is 7.99. The molecule has 1 aliphatic rings. The largest absolute Gasteiger partial charge is 0.481 e. The van der Waals surface area contributed by atoms with Gasteiger partial charge in [-0.1, -0.05) is 11.8 Å². The van der Waals surface area contributed by atoms with Crippen LogP contribution >= 0.6 is 11.8 Å². The van der Waals surface area contributed by atoms with E-state index in [2.05, 4.69) is 15.5 Å². The molecule has 0 unspecified atom stereocenters. The Morgan fingerprint density at radius 3 is 3.00 bits per heavy atom. The summed E-state index contributed by atoms with van der Waals surface area (Å²) in [6, 6.07) is 0.314. The Bertz CT molecular complexity index is 430. The molecule has 8 heteroatoms. The number of aliphatic carboxylic acids is 1. The van der Waals surface area contributed by atoms with Gasteiger partial charge in [-0.2, -0.15) is 0 Å². The van der Waals surface area contributed by atoms with Crippen LogP contribution in [0.2, 0.25) is 0 Å².